The van der Waals surface area contributed by atoms with E-state index >= 15 is 0 Å². The van der Waals surface area contributed by atoms with Gasteiger partial charge in [-0.2, -0.15) is 0 Å². The molecule has 30 heavy (non-hydrogen) atoms. The van der Waals surface area contributed by atoms with Crippen molar-refractivity contribution in [3.8, 4) is 5.88 Å². The van der Waals surface area contributed by atoms with Crippen molar-refractivity contribution in [1.29, 1.82) is 0 Å². The number of carbonyl (C=O) groups excluding carboxylic acids is 2. The van der Waals surface area contributed by atoms with Crippen LogP contribution in [0.3, 0.4) is 0 Å². The van der Waals surface area contributed by atoms with Gasteiger partial charge in [0.2, 0.25) is 5.88 Å². The Bertz CT molecular complexity index is 1050. The maximum atomic E-state index is 13.2. The third kappa shape index (κ3) is 4.19. The predicted molar refractivity (Wildman–Crippen MR) is 117 cm³/mol. The number of nitrogens with zero attached hydrogens (tertiary/aromatic N) is 2. The molecule has 0 saturated heterocycles. The minimum Gasteiger partial charge on any atom is -0.481 e. The zero-order chi connectivity index (χ0) is 21.3. The third-order valence-electron chi connectivity index (χ3n) is 5.59. The number of amides is 2. The lowest BCUT2D eigenvalue weighted by molar-refractivity contribution is -0.113. The highest BCUT2D eigenvalue weighted by Crippen LogP contribution is 2.36. The number of hydrogen-bond donors (Lipinski definition) is 1. The van der Waals surface area contributed by atoms with E-state index in [1.807, 2.05) is 36.1 Å². The Labute approximate surface area is 180 Å². The predicted octanol–water partition coefficient (Wildman–Crippen LogP) is 4.36. The van der Waals surface area contributed by atoms with Gasteiger partial charge in [0.05, 0.1) is 13.2 Å². The smallest absolute Gasteiger partial charge is 0.322 e. The van der Waals surface area contributed by atoms with E-state index in [4.69, 9.17) is 16.3 Å². The van der Waals surface area contributed by atoms with E-state index in [9.17, 15) is 9.59 Å². The van der Waals surface area contributed by atoms with Crippen LogP contribution >= 0.6 is 11.6 Å². The Morgan fingerprint density at radius 2 is 2.03 bits per heavy atom. The minimum absolute atomic E-state index is 0.186. The summed E-state index contributed by atoms with van der Waals surface area (Å²) >= 11 is 6.01. The fourth-order valence-corrected chi connectivity index (χ4v) is 3.89. The van der Waals surface area contributed by atoms with Crippen LogP contribution < -0.4 is 10.1 Å². The Hall–Kier alpha value is -2.86. The number of urea groups is 1. The Morgan fingerprint density at radius 3 is 2.70 bits per heavy atom. The molecule has 2 aliphatic carbocycles. The first-order valence-electron chi connectivity index (χ1n) is 10.0. The van der Waals surface area contributed by atoms with Crippen LogP contribution in [0.4, 0.5) is 4.79 Å². The molecule has 1 heterocycles. The lowest BCUT2D eigenvalue weighted by Crippen LogP contribution is -2.42. The Kier molecular flexibility index (Phi) is 5.77. The van der Waals surface area contributed by atoms with Gasteiger partial charge in [0.25, 0.3) is 0 Å². The number of carbonyl (C=O) groups is 2. The number of allylic oxidation sites excluding steroid dienone is 3. The monoisotopic (exact) mass is 425 g/mol. The summed E-state index contributed by atoms with van der Waals surface area (Å²) in [5.74, 6) is 0.887. The van der Waals surface area contributed by atoms with Crippen LogP contribution in [-0.4, -0.2) is 40.7 Å². The van der Waals surface area contributed by atoms with Gasteiger partial charge in [-0.15, -0.1) is 11.6 Å². The molecule has 2 aromatic rings. The third-order valence-corrected chi connectivity index (χ3v) is 5.93. The first kappa shape index (κ1) is 20.4. The zero-order valence-electron chi connectivity index (χ0n) is 17.0. The first-order chi connectivity index (χ1) is 14.5. The van der Waals surface area contributed by atoms with E-state index in [1.165, 1.54) is 6.08 Å². The zero-order valence-corrected chi connectivity index (χ0v) is 17.7. The molecular formula is C23H24ClN3O3. The van der Waals surface area contributed by atoms with Crippen LogP contribution in [0.25, 0.3) is 10.8 Å². The highest BCUT2D eigenvalue weighted by atomic mass is 35.5. The number of fused-ring (bicyclic) bond motifs is 1. The molecule has 0 radical (unpaired) electrons. The van der Waals surface area contributed by atoms with Gasteiger partial charge in [0, 0.05) is 29.4 Å². The summed E-state index contributed by atoms with van der Waals surface area (Å²) in [6, 6.07) is 7.49. The number of benzene rings is 1. The van der Waals surface area contributed by atoms with E-state index < -0.39 is 5.38 Å². The average Bonchev–Trinajstić information content (AvgIpc) is 3.57. The molecule has 1 aromatic heterocycles. The Morgan fingerprint density at radius 1 is 1.30 bits per heavy atom. The molecule has 1 fully saturated rings. The van der Waals surface area contributed by atoms with Gasteiger partial charge in [0.1, 0.15) is 5.38 Å². The quantitative estimate of drug-likeness (QED) is 0.698. The van der Waals surface area contributed by atoms with Gasteiger partial charge in [-0.3, -0.25) is 4.79 Å². The fraction of sp³-hybridized carbons (Fsp3) is 0.348. The molecule has 7 heteroatoms. The number of alkyl halides is 1. The number of ketones is 1. The second kappa shape index (κ2) is 8.48. The highest BCUT2D eigenvalue weighted by Gasteiger charge is 2.31. The first-order valence-corrected chi connectivity index (χ1v) is 10.5. The summed E-state index contributed by atoms with van der Waals surface area (Å²) in [5.41, 5.74) is 1.49. The molecule has 4 rings (SSSR count). The molecule has 2 unspecified atom stereocenters. The number of pyridine rings is 1. The van der Waals surface area contributed by atoms with Crippen LogP contribution in [0.5, 0.6) is 5.88 Å². The second-order valence-corrected chi connectivity index (χ2v) is 8.20. The van der Waals surface area contributed by atoms with E-state index in [0.717, 1.165) is 29.2 Å². The number of methoxy groups -OCH3 is 1. The summed E-state index contributed by atoms with van der Waals surface area (Å²) in [7, 11) is 1.60. The van der Waals surface area contributed by atoms with E-state index in [2.05, 4.69) is 10.3 Å². The largest absolute Gasteiger partial charge is 0.481 e. The number of hydrogen-bond acceptors (Lipinski definition) is 4. The van der Waals surface area contributed by atoms with Gasteiger partial charge in [-0.25, -0.2) is 9.78 Å². The molecule has 2 aliphatic rings. The summed E-state index contributed by atoms with van der Waals surface area (Å²) < 4.78 is 5.40. The summed E-state index contributed by atoms with van der Waals surface area (Å²) in [5, 5.41) is 4.07. The fourth-order valence-electron chi connectivity index (χ4n) is 3.69. The van der Waals surface area contributed by atoms with Crippen molar-refractivity contribution >= 4 is 34.2 Å². The molecule has 2 amide bonds. The van der Waals surface area contributed by atoms with Gasteiger partial charge in [-0.05, 0) is 55.4 Å². The number of rotatable bonds is 6. The van der Waals surface area contributed by atoms with Gasteiger partial charge in [0.15, 0.2) is 5.78 Å². The molecule has 1 N–H and O–H groups in total. The van der Waals surface area contributed by atoms with Gasteiger partial charge >= 0.3 is 6.03 Å². The van der Waals surface area contributed by atoms with E-state index in [-0.39, 0.29) is 17.9 Å². The van der Waals surface area contributed by atoms with Gasteiger partial charge < -0.3 is 15.0 Å². The molecule has 0 aliphatic heterocycles. The van der Waals surface area contributed by atoms with Crippen LogP contribution in [0.15, 0.2) is 54.4 Å². The normalized spacial score (nSPS) is 19.4. The average molecular weight is 426 g/mol. The van der Waals surface area contributed by atoms with Crippen molar-refractivity contribution in [1.82, 2.24) is 15.2 Å². The molecule has 0 spiro atoms. The van der Waals surface area contributed by atoms with Crippen LogP contribution in [0.1, 0.15) is 31.4 Å². The SMILES string of the molecule is COc1ncc(C(C)N(CC2CC2)C(=O)NC2=CC(Cl)C(=O)C=C2)c2ccccc12. The molecule has 2 atom stereocenters. The molecular weight excluding hydrogens is 402 g/mol. The summed E-state index contributed by atoms with van der Waals surface area (Å²) in [6.07, 6.45) is 8.57. The van der Waals surface area contributed by atoms with Crippen molar-refractivity contribution in [3.05, 3.63) is 60.0 Å². The number of aromatic nitrogens is 1. The maximum Gasteiger partial charge on any atom is 0.322 e. The number of halogens is 1. The van der Waals surface area contributed by atoms with Crippen LogP contribution in [0.2, 0.25) is 0 Å². The maximum absolute atomic E-state index is 13.2. The number of ether oxygens (including phenoxy) is 1. The van der Waals surface area contributed by atoms with Gasteiger partial charge in [-0.1, -0.05) is 18.2 Å². The van der Waals surface area contributed by atoms with Crippen molar-refractivity contribution in [2.45, 2.75) is 31.2 Å². The van der Waals surface area contributed by atoms with Crippen molar-refractivity contribution in [2.75, 3.05) is 13.7 Å². The van der Waals surface area contributed by atoms with Crippen molar-refractivity contribution < 1.29 is 14.3 Å². The second-order valence-electron chi connectivity index (χ2n) is 7.73. The van der Waals surface area contributed by atoms with E-state index in [1.54, 1.807) is 25.5 Å². The highest BCUT2D eigenvalue weighted by molar-refractivity contribution is 6.34. The summed E-state index contributed by atoms with van der Waals surface area (Å²) in [4.78, 5) is 31.1. The molecule has 156 valence electrons. The summed E-state index contributed by atoms with van der Waals surface area (Å²) in [6.45, 7) is 2.67. The van der Waals surface area contributed by atoms with Crippen molar-refractivity contribution in [2.24, 2.45) is 5.92 Å². The lowest BCUT2D eigenvalue weighted by atomic mass is 10.0. The van der Waals surface area contributed by atoms with Crippen LogP contribution in [-0.2, 0) is 4.79 Å². The molecule has 1 aromatic carbocycles. The molecule has 6 nitrogen and oxygen atoms in total. The lowest BCUT2D eigenvalue weighted by Gasteiger charge is -2.31. The molecule has 0 bridgehead atoms. The Balaban J connectivity index is 1.63. The number of nitrogens with one attached hydrogen (secondary N) is 1. The van der Waals surface area contributed by atoms with E-state index in [0.29, 0.717) is 24.0 Å². The van der Waals surface area contributed by atoms with Crippen molar-refractivity contribution in [3.63, 3.8) is 0 Å². The topological polar surface area (TPSA) is 71.5 Å². The minimum atomic E-state index is -0.755. The van der Waals surface area contributed by atoms with Crippen LogP contribution in [0, 0.1) is 5.92 Å². The molecule has 1 saturated carbocycles. The standard InChI is InChI=1S/C23H24ClN3O3/c1-14(19-12-25-22(30-2)18-6-4-3-5-17(18)19)27(13-15-7-8-15)23(29)26-16-9-10-21(28)20(24)11-16/h3-6,9-12,14-15,20H,7-8,13H2,1-2H3,(H,26,29).